The van der Waals surface area contributed by atoms with Gasteiger partial charge in [0.05, 0.1) is 30.0 Å². The number of nitrogens with zero attached hydrogens (tertiary/aromatic N) is 2. The zero-order chi connectivity index (χ0) is 25.4. The summed E-state index contributed by atoms with van der Waals surface area (Å²) in [5.74, 6) is 0.293. The van der Waals surface area contributed by atoms with Gasteiger partial charge >= 0.3 is 12.0 Å². The molecule has 1 aromatic rings. The minimum absolute atomic E-state index is 0.0877. The number of carbonyl (C=O) groups is 3. The molecule has 3 amide bonds. The number of hydrogen-bond acceptors (Lipinski definition) is 7. The number of methoxy groups -OCH3 is 1. The number of esters is 1. The Hall–Kier alpha value is -2.72. The number of likely N-dealkylation sites (tertiary alicyclic amines) is 2. The Morgan fingerprint density at radius 1 is 1.11 bits per heavy atom. The van der Waals surface area contributed by atoms with Gasteiger partial charge < -0.3 is 35.6 Å². The monoisotopic (exact) mass is 509 g/mol. The highest BCUT2D eigenvalue weighted by Crippen LogP contribution is 2.29. The van der Waals surface area contributed by atoms with Crippen molar-refractivity contribution in [2.75, 3.05) is 58.7 Å². The van der Waals surface area contributed by atoms with Crippen LogP contribution < -0.4 is 21.1 Å². The summed E-state index contributed by atoms with van der Waals surface area (Å²) < 4.78 is 10.1. The molecule has 0 aliphatic carbocycles. The Morgan fingerprint density at radius 3 is 2.43 bits per heavy atom. The van der Waals surface area contributed by atoms with Gasteiger partial charge in [-0.3, -0.25) is 9.59 Å². The SMILES string of the molecule is CCOC(=O)CNC(=O)N1CCC(CN2CCC(NC(=O)c3cc(Cl)c(N)cc3OC)CC2)CC1. The molecule has 0 radical (unpaired) electrons. The van der Waals surface area contributed by atoms with Crippen LogP contribution in [0.5, 0.6) is 5.75 Å². The van der Waals surface area contributed by atoms with Crippen LogP contribution in [0.2, 0.25) is 5.02 Å². The second kappa shape index (κ2) is 12.8. The molecule has 0 aromatic heterocycles. The Labute approximate surface area is 211 Å². The summed E-state index contributed by atoms with van der Waals surface area (Å²) in [6, 6.07) is 2.98. The summed E-state index contributed by atoms with van der Waals surface area (Å²) in [5.41, 5.74) is 6.56. The predicted octanol–water partition coefficient (Wildman–Crippen LogP) is 2.11. The van der Waals surface area contributed by atoms with E-state index < -0.39 is 5.97 Å². The number of nitrogens with one attached hydrogen (secondary N) is 2. The summed E-state index contributed by atoms with van der Waals surface area (Å²) >= 11 is 6.10. The van der Waals surface area contributed by atoms with Crippen molar-refractivity contribution in [2.45, 2.75) is 38.6 Å². The van der Waals surface area contributed by atoms with Crippen LogP contribution in [0.25, 0.3) is 0 Å². The van der Waals surface area contributed by atoms with Gasteiger partial charge in [-0.05, 0) is 44.6 Å². The quantitative estimate of drug-likeness (QED) is 0.362. The van der Waals surface area contributed by atoms with E-state index in [1.54, 1.807) is 24.0 Å². The summed E-state index contributed by atoms with van der Waals surface area (Å²) in [7, 11) is 1.50. The smallest absolute Gasteiger partial charge is 0.325 e. The minimum Gasteiger partial charge on any atom is -0.496 e. The standard InChI is InChI=1S/C24H36ClN5O5/c1-3-35-22(31)14-27-24(33)30-10-4-16(5-11-30)15-29-8-6-17(7-9-29)28-23(32)18-12-19(25)20(26)13-21(18)34-2/h12-13,16-17H,3-11,14-15,26H2,1-2H3,(H,27,33)(H,28,32). The molecular weight excluding hydrogens is 474 g/mol. The highest BCUT2D eigenvalue weighted by Gasteiger charge is 2.27. The number of nitrogen functional groups attached to an aromatic ring is 1. The maximum absolute atomic E-state index is 12.8. The highest BCUT2D eigenvalue weighted by molar-refractivity contribution is 6.33. The largest absolute Gasteiger partial charge is 0.496 e. The number of nitrogens with two attached hydrogens (primary N) is 1. The Morgan fingerprint density at radius 2 is 1.80 bits per heavy atom. The number of benzene rings is 1. The van der Waals surface area contributed by atoms with Crippen LogP contribution in [0.15, 0.2) is 12.1 Å². The molecule has 2 aliphatic heterocycles. The number of piperidine rings is 2. The molecule has 35 heavy (non-hydrogen) atoms. The topological polar surface area (TPSA) is 126 Å². The van der Waals surface area contributed by atoms with E-state index in [2.05, 4.69) is 15.5 Å². The number of halogens is 1. The molecule has 0 atom stereocenters. The lowest BCUT2D eigenvalue weighted by atomic mass is 9.95. The molecule has 4 N–H and O–H groups in total. The molecule has 2 heterocycles. The fourth-order valence-corrected chi connectivity index (χ4v) is 4.76. The van der Waals surface area contributed by atoms with Gasteiger partial charge in [0, 0.05) is 44.8 Å². The third-order valence-electron chi connectivity index (χ3n) is 6.59. The molecule has 0 unspecified atom stereocenters. The van der Waals surface area contributed by atoms with Gasteiger partial charge in [0.15, 0.2) is 0 Å². The van der Waals surface area contributed by atoms with E-state index in [1.165, 1.54) is 7.11 Å². The first-order valence-corrected chi connectivity index (χ1v) is 12.5. The molecule has 10 nitrogen and oxygen atoms in total. The zero-order valence-corrected chi connectivity index (χ0v) is 21.2. The van der Waals surface area contributed by atoms with Gasteiger partial charge in [0.25, 0.3) is 5.91 Å². The maximum Gasteiger partial charge on any atom is 0.325 e. The van der Waals surface area contributed by atoms with Crippen molar-refractivity contribution in [2.24, 2.45) is 5.92 Å². The lowest BCUT2D eigenvalue weighted by Gasteiger charge is -2.37. The molecular formula is C24H36ClN5O5. The number of ether oxygens (including phenoxy) is 2. The molecule has 194 valence electrons. The van der Waals surface area contributed by atoms with E-state index in [0.717, 1.165) is 45.3 Å². The van der Waals surface area contributed by atoms with Crippen LogP contribution >= 0.6 is 11.6 Å². The zero-order valence-electron chi connectivity index (χ0n) is 20.5. The van der Waals surface area contributed by atoms with Crippen LogP contribution in [0.4, 0.5) is 10.5 Å². The second-order valence-corrected chi connectivity index (χ2v) is 9.42. The van der Waals surface area contributed by atoms with E-state index in [4.69, 9.17) is 26.8 Å². The Bertz CT molecular complexity index is 899. The maximum atomic E-state index is 12.8. The average Bonchev–Trinajstić information content (AvgIpc) is 2.85. The summed E-state index contributed by atoms with van der Waals surface area (Å²) in [5, 5.41) is 6.05. The van der Waals surface area contributed by atoms with Gasteiger partial charge in [-0.2, -0.15) is 0 Å². The Balaban J connectivity index is 1.38. The van der Waals surface area contributed by atoms with Gasteiger partial charge in [-0.25, -0.2) is 4.79 Å². The number of urea groups is 1. The van der Waals surface area contributed by atoms with Crippen molar-refractivity contribution in [3.8, 4) is 5.75 Å². The third kappa shape index (κ3) is 7.63. The van der Waals surface area contributed by atoms with Crippen LogP contribution in [0.3, 0.4) is 0 Å². The molecule has 2 aliphatic rings. The van der Waals surface area contributed by atoms with Crippen LogP contribution in [-0.4, -0.2) is 86.7 Å². The number of hydrogen-bond donors (Lipinski definition) is 3. The summed E-state index contributed by atoms with van der Waals surface area (Å²) in [6.07, 6.45) is 3.60. The summed E-state index contributed by atoms with van der Waals surface area (Å²) in [6.45, 7) is 6.09. The van der Waals surface area contributed by atoms with Gasteiger partial charge in [-0.15, -0.1) is 0 Å². The van der Waals surface area contributed by atoms with Crippen molar-refractivity contribution in [1.29, 1.82) is 0 Å². The molecule has 3 rings (SSSR count). The van der Waals surface area contributed by atoms with Gasteiger partial charge in [0.2, 0.25) is 0 Å². The highest BCUT2D eigenvalue weighted by atomic mass is 35.5. The fraction of sp³-hybridized carbons (Fsp3) is 0.625. The van der Waals surface area contributed by atoms with Crippen molar-refractivity contribution in [3.05, 3.63) is 22.7 Å². The molecule has 1 aromatic carbocycles. The molecule has 0 saturated carbocycles. The second-order valence-electron chi connectivity index (χ2n) is 9.02. The average molecular weight is 510 g/mol. The van der Waals surface area contributed by atoms with Crippen LogP contribution in [0.1, 0.15) is 43.0 Å². The number of amides is 3. The number of anilines is 1. The van der Waals surface area contributed by atoms with E-state index in [1.807, 2.05) is 0 Å². The molecule has 2 fully saturated rings. The molecule has 2 saturated heterocycles. The normalized spacial score (nSPS) is 17.6. The van der Waals surface area contributed by atoms with E-state index >= 15 is 0 Å². The first-order valence-electron chi connectivity index (χ1n) is 12.1. The van der Waals surface area contributed by atoms with Crippen molar-refractivity contribution in [1.82, 2.24) is 20.4 Å². The number of carbonyl (C=O) groups excluding carboxylic acids is 3. The Kier molecular flexibility index (Phi) is 9.85. The molecule has 0 spiro atoms. The lowest BCUT2D eigenvalue weighted by molar-refractivity contribution is -0.141. The summed E-state index contributed by atoms with van der Waals surface area (Å²) in [4.78, 5) is 40.6. The molecule has 11 heteroatoms. The van der Waals surface area contributed by atoms with E-state index in [9.17, 15) is 14.4 Å². The van der Waals surface area contributed by atoms with Crippen LogP contribution in [0, 0.1) is 5.92 Å². The van der Waals surface area contributed by atoms with E-state index in [-0.39, 0.29) is 24.5 Å². The third-order valence-corrected chi connectivity index (χ3v) is 6.92. The van der Waals surface area contributed by atoms with Crippen LogP contribution in [-0.2, 0) is 9.53 Å². The van der Waals surface area contributed by atoms with E-state index in [0.29, 0.717) is 47.6 Å². The van der Waals surface area contributed by atoms with Crippen molar-refractivity contribution in [3.63, 3.8) is 0 Å². The van der Waals surface area contributed by atoms with Gasteiger partial charge in [-0.1, -0.05) is 11.6 Å². The minimum atomic E-state index is -0.424. The first kappa shape index (κ1) is 26.9. The fourth-order valence-electron chi connectivity index (χ4n) is 4.59. The van der Waals surface area contributed by atoms with Crippen molar-refractivity contribution >= 4 is 35.2 Å². The lowest BCUT2D eigenvalue weighted by Crippen LogP contribution is -2.49. The first-order chi connectivity index (χ1) is 16.8. The van der Waals surface area contributed by atoms with Gasteiger partial charge in [0.1, 0.15) is 12.3 Å². The van der Waals surface area contributed by atoms with Crippen molar-refractivity contribution < 1.29 is 23.9 Å². The predicted molar refractivity (Wildman–Crippen MR) is 134 cm³/mol. The number of rotatable bonds is 8. The molecule has 0 bridgehead atoms.